The lowest BCUT2D eigenvalue weighted by molar-refractivity contribution is -0.165. The number of aliphatic hydroxyl groups is 1. The molecule has 4 bridgehead atoms. The summed E-state index contributed by atoms with van der Waals surface area (Å²) in [7, 11) is 0. The molecule has 8 rings (SSSR count). The van der Waals surface area contributed by atoms with E-state index in [4.69, 9.17) is 9.57 Å². The van der Waals surface area contributed by atoms with Crippen LogP contribution in [-0.4, -0.2) is 82.5 Å². The van der Waals surface area contributed by atoms with Crippen LogP contribution in [0.3, 0.4) is 0 Å². The Morgan fingerprint density at radius 1 is 0.917 bits per heavy atom. The molecule has 3 fully saturated rings. The van der Waals surface area contributed by atoms with E-state index in [0.29, 0.717) is 56.1 Å². The second-order valence-electron chi connectivity index (χ2n) is 13.9. The summed E-state index contributed by atoms with van der Waals surface area (Å²) in [5.41, 5.74) is 2.54. The van der Waals surface area contributed by atoms with E-state index in [9.17, 15) is 24.3 Å². The molecule has 2 aromatic carbocycles. The third kappa shape index (κ3) is 7.37. The minimum absolute atomic E-state index is 0.0106. The molecule has 3 amide bonds. The molecule has 1 aliphatic carbocycles. The van der Waals surface area contributed by atoms with Gasteiger partial charge in [0.25, 0.3) is 5.91 Å². The lowest BCUT2D eigenvalue weighted by Gasteiger charge is -2.52. The summed E-state index contributed by atoms with van der Waals surface area (Å²) in [4.78, 5) is 62.8. The van der Waals surface area contributed by atoms with E-state index in [-0.39, 0.29) is 30.1 Å². The van der Waals surface area contributed by atoms with Gasteiger partial charge in [0.05, 0.1) is 12.5 Å². The Bertz CT molecular complexity index is 1450. The zero-order valence-corrected chi connectivity index (χ0v) is 27.8. The summed E-state index contributed by atoms with van der Waals surface area (Å²) in [5, 5.41) is 14.4. The van der Waals surface area contributed by atoms with Gasteiger partial charge in [0.1, 0.15) is 23.1 Å². The van der Waals surface area contributed by atoms with Gasteiger partial charge in [-0.15, -0.1) is 0 Å². The Balaban J connectivity index is 1.16. The van der Waals surface area contributed by atoms with E-state index in [1.165, 1.54) is 0 Å². The third-order valence-electron chi connectivity index (χ3n) is 10.8. The van der Waals surface area contributed by atoms with Gasteiger partial charge in [0, 0.05) is 37.7 Å². The summed E-state index contributed by atoms with van der Waals surface area (Å²) in [6, 6.07) is 13.2. The van der Waals surface area contributed by atoms with Crippen molar-refractivity contribution in [3.8, 4) is 11.5 Å². The Hall–Kier alpha value is -3.96. The fourth-order valence-corrected chi connectivity index (χ4v) is 7.86. The molecule has 6 aliphatic rings. The molecule has 5 aliphatic heterocycles. The molecular weight excluding hydrogens is 612 g/mol. The SMILES string of the molecule is CCCCN1C(=O)[C@@H]([C@H](O)C2CCCCCC2)NC(=O)C12CCN(C[C@@H]1CC(=O)ONC(=O)c3ccc(cc3)Oc3ccc1cc3)CC2. The van der Waals surface area contributed by atoms with Crippen LogP contribution in [0, 0.1) is 5.92 Å². The maximum absolute atomic E-state index is 14.1. The number of piperazine rings is 1. The smallest absolute Gasteiger partial charge is 0.332 e. The molecule has 3 atom stereocenters. The first-order chi connectivity index (χ1) is 23.3. The van der Waals surface area contributed by atoms with Crippen molar-refractivity contribution in [2.45, 2.75) is 101 Å². The lowest BCUT2D eigenvalue weighted by atomic mass is 9.79. The Kier molecular flexibility index (Phi) is 10.7. The number of likely N-dealkylation sites (tertiary alicyclic amines) is 1. The summed E-state index contributed by atoms with van der Waals surface area (Å²) in [5.74, 6) is -0.466. The van der Waals surface area contributed by atoms with E-state index in [0.717, 1.165) is 56.9 Å². The van der Waals surface area contributed by atoms with Crippen LogP contribution in [0.5, 0.6) is 11.5 Å². The first kappa shape index (κ1) is 33.9. The number of ether oxygens (including phenoxy) is 1. The van der Waals surface area contributed by atoms with E-state index >= 15 is 0 Å². The van der Waals surface area contributed by atoms with Gasteiger partial charge >= 0.3 is 5.97 Å². The number of aliphatic hydroxyl groups excluding tert-OH is 1. The van der Waals surface area contributed by atoms with E-state index in [2.05, 4.69) is 22.6 Å². The van der Waals surface area contributed by atoms with Gasteiger partial charge in [-0.3, -0.25) is 14.4 Å². The molecule has 2 saturated heterocycles. The van der Waals surface area contributed by atoms with Crippen LogP contribution in [0.1, 0.15) is 99.4 Å². The number of hydrogen-bond donors (Lipinski definition) is 3. The number of carbonyl (C=O) groups is 4. The molecule has 11 nitrogen and oxygen atoms in total. The zero-order valence-electron chi connectivity index (χ0n) is 27.8. The molecule has 0 unspecified atom stereocenters. The van der Waals surface area contributed by atoms with Crippen molar-refractivity contribution in [3.63, 3.8) is 0 Å². The fraction of sp³-hybridized carbons (Fsp3) is 0.568. The number of amides is 3. The molecule has 258 valence electrons. The number of nitrogens with zero attached hydrogens (tertiary/aromatic N) is 2. The largest absolute Gasteiger partial charge is 0.457 e. The number of nitrogens with one attached hydrogen (secondary N) is 2. The second kappa shape index (κ2) is 15.1. The maximum atomic E-state index is 14.1. The molecule has 5 heterocycles. The highest BCUT2D eigenvalue weighted by molar-refractivity contribution is 6.00. The molecule has 48 heavy (non-hydrogen) atoms. The lowest BCUT2D eigenvalue weighted by Crippen LogP contribution is -2.75. The maximum Gasteiger partial charge on any atom is 0.332 e. The Morgan fingerprint density at radius 3 is 2.21 bits per heavy atom. The van der Waals surface area contributed by atoms with Crippen molar-refractivity contribution >= 4 is 23.7 Å². The fourth-order valence-electron chi connectivity index (χ4n) is 7.86. The second-order valence-corrected chi connectivity index (χ2v) is 13.9. The van der Waals surface area contributed by atoms with Gasteiger partial charge in [-0.2, -0.15) is 5.48 Å². The number of hydrogen-bond acceptors (Lipinski definition) is 8. The number of fused-ring (bicyclic) bond motifs is 2. The standard InChI is InChI=1S/C37H48N4O7/c1-2-3-20-41-35(45)32(33(43)26-8-6-4-5-7-9-26)38-36(46)37(41)18-21-40(22-19-37)24-28-23-31(42)48-39-34(44)27-12-16-30(17-13-27)47-29-14-10-25(28)11-15-29/h10-17,26,28,32-33,43H,2-9,18-24H2,1H3,(H,38,46)(H,39,44)/t28-,32+,33+/m0/s1. The van der Waals surface area contributed by atoms with Gasteiger partial charge in [-0.05, 0) is 80.0 Å². The number of piperidine rings is 1. The van der Waals surface area contributed by atoms with Crippen LogP contribution in [0.25, 0.3) is 0 Å². The highest BCUT2D eigenvalue weighted by Gasteiger charge is 2.55. The van der Waals surface area contributed by atoms with Gasteiger partial charge in [0.2, 0.25) is 11.8 Å². The molecule has 0 radical (unpaired) electrons. The van der Waals surface area contributed by atoms with Gasteiger partial charge in [-0.25, -0.2) is 4.79 Å². The van der Waals surface area contributed by atoms with Crippen LogP contribution >= 0.6 is 0 Å². The quantitative estimate of drug-likeness (QED) is 0.371. The van der Waals surface area contributed by atoms with Crippen LogP contribution in [-0.2, 0) is 19.2 Å². The molecule has 3 N–H and O–H groups in total. The monoisotopic (exact) mass is 660 g/mol. The molecule has 1 saturated carbocycles. The van der Waals surface area contributed by atoms with Crippen LogP contribution < -0.4 is 15.5 Å². The Morgan fingerprint density at radius 2 is 1.56 bits per heavy atom. The average Bonchev–Trinajstić information content (AvgIpc) is 3.40. The first-order valence-electron chi connectivity index (χ1n) is 17.7. The summed E-state index contributed by atoms with van der Waals surface area (Å²) < 4.78 is 5.96. The third-order valence-corrected chi connectivity index (χ3v) is 10.8. The highest BCUT2D eigenvalue weighted by Crippen LogP contribution is 2.37. The van der Waals surface area contributed by atoms with Crippen molar-refractivity contribution in [2.75, 3.05) is 26.2 Å². The average molecular weight is 661 g/mol. The van der Waals surface area contributed by atoms with E-state index in [1.54, 1.807) is 29.2 Å². The van der Waals surface area contributed by atoms with Crippen molar-refractivity contribution in [2.24, 2.45) is 5.92 Å². The molecule has 1 spiro atoms. The predicted molar refractivity (Wildman–Crippen MR) is 178 cm³/mol. The Labute approximate surface area is 282 Å². The van der Waals surface area contributed by atoms with Crippen molar-refractivity contribution in [1.29, 1.82) is 0 Å². The summed E-state index contributed by atoms with van der Waals surface area (Å²) >= 11 is 0. The van der Waals surface area contributed by atoms with E-state index in [1.807, 2.05) is 24.3 Å². The number of hydroxylamine groups is 1. The molecule has 11 heteroatoms. The first-order valence-corrected chi connectivity index (χ1v) is 17.7. The summed E-state index contributed by atoms with van der Waals surface area (Å²) in [6.07, 6.45) is 7.83. The van der Waals surface area contributed by atoms with Crippen molar-refractivity contribution in [3.05, 3.63) is 59.7 Å². The minimum atomic E-state index is -0.969. The molecule has 0 aromatic heterocycles. The number of carbonyl (C=O) groups excluding carboxylic acids is 4. The minimum Gasteiger partial charge on any atom is -0.457 e. The number of benzene rings is 2. The van der Waals surface area contributed by atoms with Crippen LogP contribution in [0.2, 0.25) is 0 Å². The normalized spacial score (nSPS) is 24.6. The summed E-state index contributed by atoms with van der Waals surface area (Å²) in [6.45, 7) is 4.17. The number of rotatable bonds is 7. The number of unbranched alkanes of at least 4 members (excludes halogenated alkanes) is 1. The van der Waals surface area contributed by atoms with E-state index < -0.39 is 29.6 Å². The van der Waals surface area contributed by atoms with Crippen molar-refractivity contribution < 1.29 is 33.9 Å². The van der Waals surface area contributed by atoms with Crippen LogP contribution in [0.15, 0.2) is 48.5 Å². The molecular formula is C37H48N4O7. The molecule has 2 aromatic rings. The van der Waals surface area contributed by atoms with Gasteiger partial charge < -0.3 is 29.8 Å². The highest BCUT2D eigenvalue weighted by atomic mass is 16.7. The van der Waals surface area contributed by atoms with Gasteiger partial charge in [0.15, 0.2) is 0 Å². The predicted octanol–water partition coefficient (Wildman–Crippen LogP) is 4.45. The zero-order chi connectivity index (χ0) is 33.7. The topological polar surface area (TPSA) is 138 Å². The van der Waals surface area contributed by atoms with Crippen LogP contribution in [0.4, 0.5) is 0 Å². The van der Waals surface area contributed by atoms with Gasteiger partial charge in [-0.1, -0.05) is 51.2 Å². The van der Waals surface area contributed by atoms with Crippen molar-refractivity contribution in [1.82, 2.24) is 20.6 Å².